The number of rotatable bonds is 10. The quantitative estimate of drug-likeness (QED) is 0.300. The molecule has 0 aliphatic carbocycles. The first kappa shape index (κ1) is 32.5. The monoisotopic (exact) mass is 643 g/mol. The lowest BCUT2D eigenvalue weighted by Crippen LogP contribution is -2.58. The van der Waals surface area contributed by atoms with Crippen LogP contribution in [0.2, 0.25) is 5.02 Å². The Morgan fingerprint density at radius 1 is 1.14 bits per heavy atom. The zero-order valence-corrected chi connectivity index (χ0v) is 26.2. The van der Waals surface area contributed by atoms with Crippen molar-refractivity contribution in [1.29, 1.82) is 0 Å². The Morgan fingerprint density at radius 2 is 1.84 bits per heavy atom. The first-order valence-electron chi connectivity index (χ1n) is 15.0. The van der Waals surface area contributed by atoms with Crippen LogP contribution < -0.4 is 16.4 Å². The molecule has 0 saturated carbocycles. The number of carbonyl (C=O) groups is 1. The summed E-state index contributed by atoms with van der Waals surface area (Å²) in [5.74, 6) is -1.21. The van der Waals surface area contributed by atoms with E-state index < -0.39 is 33.8 Å². The first-order chi connectivity index (χ1) is 21.2. The lowest BCUT2D eigenvalue weighted by Gasteiger charge is -2.40. The number of anilines is 1. The van der Waals surface area contributed by atoms with E-state index in [-0.39, 0.29) is 40.4 Å². The van der Waals surface area contributed by atoms with Gasteiger partial charge in [0.15, 0.2) is 0 Å². The van der Waals surface area contributed by atoms with E-state index in [2.05, 4.69) is 15.6 Å². The Kier molecular flexibility index (Phi) is 10.7. The Labute approximate surface area is 263 Å². The van der Waals surface area contributed by atoms with Crippen LogP contribution in [0.25, 0.3) is 0 Å². The molecule has 1 aromatic heterocycles. The van der Waals surface area contributed by atoms with Crippen molar-refractivity contribution in [3.8, 4) is 0 Å². The molecule has 12 heteroatoms. The standard InChI is InChI=1S/C32H39ClFN5O4S/c1-21-17-36-18-25(39(21)44(41,42)26-5-3-2-4-6-26)11-12-27-28(34)19-37-20-29(27)38-32(40)31(35)30(23-13-15-43-16-14-23)22-7-9-24(33)10-8-22/h2-10,19-21,23,25,30-31,36H,11-18,35H2,1H3,(H,38,40)/t21-,25-,30-,31-/m0/s1. The molecule has 4 N–H and O–H groups in total. The zero-order chi connectivity index (χ0) is 31.3. The molecule has 1 amide bonds. The summed E-state index contributed by atoms with van der Waals surface area (Å²) in [6.45, 7) is 3.96. The molecule has 2 aliphatic rings. The van der Waals surface area contributed by atoms with Gasteiger partial charge in [0, 0.05) is 54.9 Å². The molecule has 0 unspecified atom stereocenters. The topological polar surface area (TPSA) is 127 Å². The minimum atomic E-state index is -3.78. The van der Waals surface area contributed by atoms with Crippen LogP contribution in [0.1, 0.15) is 43.2 Å². The van der Waals surface area contributed by atoms with Crippen molar-refractivity contribution in [2.45, 2.75) is 61.5 Å². The predicted octanol–water partition coefficient (Wildman–Crippen LogP) is 4.33. The second kappa shape index (κ2) is 14.4. The highest BCUT2D eigenvalue weighted by atomic mass is 35.5. The summed E-state index contributed by atoms with van der Waals surface area (Å²) in [6.07, 6.45) is 4.54. The first-order valence-corrected chi connectivity index (χ1v) is 16.8. The lowest BCUT2D eigenvalue weighted by atomic mass is 9.76. The smallest absolute Gasteiger partial charge is 0.243 e. The number of pyridine rings is 1. The number of hydrogen-bond acceptors (Lipinski definition) is 7. The maximum Gasteiger partial charge on any atom is 0.243 e. The Morgan fingerprint density at radius 3 is 2.55 bits per heavy atom. The molecule has 2 fully saturated rings. The number of benzene rings is 2. The van der Waals surface area contributed by atoms with Gasteiger partial charge in [-0.1, -0.05) is 41.9 Å². The van der Waals surface area contributed by atoms with E-state index in [0.717, 1.165) is 24.6 Å². The fourth-order valence-corrected chi connectivity index (χ4v) is 8.41. The molecule has 236 valence electrons. The molecule has 2 aromatic carbocycles. The molecule has 4 atom stereocenters. The molecule has 0 bridgehead atoms. The molecule has 0 spiro atoms. The van der Waals surface area contributed by atoms with E-state index in [4.69, 9.17) is 22.1 Å². The van der Waals surface area contributed by atoms with Crippen LogP contribution in [-0.2, 0) is 26.0 Å². The highest BCUT2D eigenvalue weighted by molar-refractivity contribution is 7.89. The van der Waals surface area contributed by atoms with Gasteiger partial charge >= 0.3 is 0 Å². The molecule has 0 radical (unpaired) electrons. The van der Waals surface area contributed by atoms with E-state index >= 15 is 4.39 Å². The molecule has 2 saturated heterocycles. The largest absolute Gasteiger partial charge is 0.381 e. The van der Waals surface area contributed by atoms with E-state index in [1.54, 1.807) is 42.5 Å². The Balaban J connectivity index is 1.35. The van der Waals surface area contributed by atoms with Gasteiger partial charge in [-0.25, -0.2) is 12.8 Å². The number of sulfonamides is 1. The summed E-state index contributed by atoms with van der Waals surface area (Å²) in [5.41, 5.74) is 8.03. The second-order valence-electron chi connectivity index (χ2n) is 11.5. The third-order valence-corrected chi connectivity index (χ3v) is 11.0. The molecule has 44 heavy (non-hydrogen) atoms. The van der Waals surface area contributed by atoms with Gasteiger partial charge in [-0.3, -0.25) is 9.78 Å². The number of nitrogens with one attached hydrogen (secondary N) is 2. The van der Waals surface area contributed by atoms with Gasteiger partial charge < -0.3 is 21.1 Å². The fraction of sp³-hybridized carbons (Fsp3) is 0.438. The number of amides is 1. The van der Waals surface area contributed by atoms with Crippen molar-refractivity contribution in [1.82, 2.24) is 14.6 Å². The summed E-state index contributed by atoms with van der Waals surface area (Å²) in [7, 11) is -3.78. The van der Waals surface area contributed by atoms with Crippen LogP contribution in [-0.4, -0.2) is 68.0 Å². The molecular formula is C32H39ClFN5O4S. The number of halogens is 2. The SMILES string of the molecule is C[C@H]1CNC[C@H](CCc2c(F)cncc2NC(=O)[C@@H](N)[C@@H](c2ccc(Cl)cc2)C2CCOCC2)N1S(=O)(=O)c1ccccc1. The number of aromatic nitrogens is 1. The van der Waals surface area contributed by atoms with Crippen LogP contribution in [0.4, 0.5) is 10.1 Å². The number of piperazine rings is 1. The van der Waals surface area contributed by atoms with E-state index in [9.17, 15) is 13.2 Å². The van der Waals surface area contributed by atoms with Gasteiger partial charge in [0.25, 0.3) is 0 Å². The van der Waals surface area contributed by atoms with E-state index in [1.807, 2.05) is 19.1 Å². The van der Waals surface area contributed by atoms with Crippen molar-refractivity contribution in [3.63, 3.8) is 0 Å². The van der Waals surface area contributed by atoms with E-state index in [0.29, 0.717) is 37.7 Å². The van der Waals surface area contributed by atoms with Gasteiger partial charge in [0.1, 0.15) is 5.82 Å². The Hall–Kier alpha value is -2.93. The number of nitrogens with two attached hydrogens (primary N) is 1. The average Bonchev–Trinajstić information content (AvgIpc) is 3.02. The predicted molar refractivity (Wildman–Crippen MR) is 168 cm³/mol. The van der Waals surface area contributed by atoms with Crippen LogP contribution >= 0.6 is 11.6 Å². The van der Waals surface area contributed by atoms with Crippen molar-refractivity contribution < 1.29 is 22.3 Å². The number of hydrogen-bond donors (Lipinski definition) is 3. The summed E-state index contributed by atoms with van der Waals surface area (Å²) in [4.78, 5) is 17.8. The molecule has 5 rings (SSSR count). The van der Waals surface area contributed by atoms with Crippen LogP contribution in [0.5, 0.6) is 0 Å². The van der Waals surface area contributed by atoms with Gasteiger partial charge in [-0.15, -0.1) is 0 Å². The van der Waals surface area contributed by atoms with Crippen LogP contribution in [0.15, 0.2) is 71.9 Å². The van der Waals surface area contributed by atoms with Crippen LogP contribution in [0, 0.1) is 11.7 Å². The molecule has 9 nitrogen and oxygen atoms in total. The maximum atomic E-state index is 15.3. The molecular weight excluding hydrogens is 605 g/mol. The van der Waals surface area contributed by atoms with Crippen molar-refractivity contribution in [2.24, 2.45) is 11.7 Å². The maximum absolute atomic E-state index is 15.3. The summed E-state index contributed by atoms with van der Waals surface area (Å²) < 4.78 is 49.6. The highest BCUT2D eigenvalue weighted by Gasteiger charge is 2.38. The number of ether oxygens (including phenoxy) is 1. The summed E-state index contributed by atoms with van der Waals surface area (Å²) >= 11 is 6.13. The van der Waals surface area contributed by atoms with Crippen molar-refractivity contribution in [3.05, 3.63) is 89.0 Å². The van der Waals surface area contributed by atoms with Gasteiger partial charge in [-0.2, -0.15) is 4.31 Å². The Bertz CT molecular complexity index is 1520. The normalized spacial score (nSPS) is 21.5. The zero-order valence-electron chi connectivity index (χ0n) is 24.7. The third-order valence-electron chi connectivity index (χ3n) is 8.64. The van der Waals surface area contributed by atoms with Crippen LogP contribution in [0.3, 0.4) is 0 Å². The minimum absolute atomic E-state index is 0.120. The molecule has 2 aliphatic heterocycles. The lowest BCUT2D eigenvalue weighted by molar-refractivity contribution is -0.118. The number of nitrogens with zero attached hydrogens (tertiary/aromatic N) is 2. The average molecular weight is 644 g/mol. The molecule has 3 aromatic rings. The fourth-order valence-electron chi connectivity index (χ4n) is 6.42. The van der Waals surface area contributed by atoms with E-state index in [1.165, 1.54) is 10.5 Å². The van der Waals surface area contributed by atoms with Gasteiger partial charge in [0.05, 0.1) is 29.0 Å². The third kappa shape index (κ3) is 7.30. The minimum Gasteiger partial charge on any atom is -0.381 e. The summed E-state index contributed by atoms with van der Waals surface area (Å²) in [6, 6.07) is 14.0. The molecule has 3 heterocycles. The number of carbonyl (C=O) groups excluding carboxylic acids is 1. The highest BCUT2D eigenvalue weighted by Crippen LogP contribution is 2.35. The summed E-state index contributed by atoms with van der Waals surface area (Å²) in [5, 5.41) is 6.73. The van der Waals surface area contributed by atoms with Crippen molar-refractivity contribution in [2.75, 3.05) is 31.6 Å². The second-order valence-corrected chi connectivity index (χ2v) is 13.8. The van der Waals surface area contributed by atoms with Crippen molar-refractivity contribution >= 4 is 33.2 Å². The van der Waals surface area contributed by atoms with Gasteiger partial charge in [-0.05, 0) is 68.4 Å². The van der Waals surface area contributed by atoms with Gasteiger partial charge in [0.2, 0.25) is 15.9 Å².